The number of nitrogens with zero attached hydrogens (tertiary/aromatic N) is 1. The first-order valence-electron chi connectivity index (χ1n) is 7.82. The number of hydrogen-bond acceptors (Lipinski definition) is 3. The smallest absolute Gasteiger partial charge is 0.220 e. The van der Waals surface area contributed by atoms with Crippen molar-refractivity contribution in [2.24, 2.45) is 5.73 Å². The molecule has 3 N–H and O–H groups in total. The summed E-state index contributed by atoms with van der Waals surface area (Å²) in [6.07, 6.45) is 9.21. The Morgan fingerprint density at radius 1 is 1.29 bits per heavy atom. The van der Waals surface area contributed by atoms with Gasteiger partial charge in [-0.25, -0.2) is 0 Å². The predicted octanol–water partition coefficient (Wildman–Crippen LogP) is 2.73. The molecule has 0 heterocycles. The van der Waals surface area contributed by atoms with Crippen LogP contribution < -0.4 is 11.1 Å². The van der Waals surface area contributed by atoms with Gasteiger partial charge in [-0.3, -0.25) is 4.79 Å². The maximum atomic E-state index is 11.5. The second-order valence-corrected chi connectivity index (χ2v) is 5.99. The third-order valence-corrected chi connectivity index (χ3v) is 4.03. The molecule has 1 aliphatic carbocycles. The topological polar surface area (TPSA) is 58.4 Å². The third kappa shape index (κ3) is 11.2. The Morgan fingerprint density at radius 3 is 2.48 bits per heavy atom. The van der Waals surface area contributed by atoms with Crippen molar-refractivity contribution in [3.05, 3.63) is 0 Å². The molecule has 0 spiro atoms. The monoisotopic (exact) mass is 341 g/mol. The molecular weight excluding hydrogens is 309 g/mol. The van der Waals surface area contributed by atoms with Gasteiger partial charge in [0.2, 0.25) is 5.91 Å². The van der Waals surface area contributed by atoms with Gasteiger partial charge in [-0.15, -0.1) is 24.8 Å². The van der Waals surface area contributed by atoms with Crippen molar-refractivity contribution < 1.29 is 4.79 Å². The highest BCUT2D eigenvalue weighted by Crippen LogP contribution is 2.21. The summed E-state index contributed by atoms with van der Waals surface area (Å²) in [7, 11) is 2.22. The molecule has 0 aromatic rings. The number of hydrogen-bond donors (Lipinski definition) is 2. The molecule has 1 saturated carbocycles. The van der Waals surface area contributed by atoms with Crippen LogP contribution in [0.3, 0.4) is 0 Å². The molecule has 1 atom stereocenters. The van der Waals surface area contributed by atoms with E-state index in [0.717, 1.165) is 32.0 Å². The molecular formula is C15H33Cl2N3O. The van der Waals surface area contributed by atoms with Crippen LogP contribution in [0.2, 0.25) is 0 Å². The fourth-order valence-electron chi connectivity index (χ4n) is 2.71. The second kappa shape index (κ2) is 13.6. The van der Waals surface area contributed by atoms with Gasteiger partial charge in [0.25, 0.3) is 0 Å². The zero-order chi connectivity index (χ0) is 14.1. The van der Waals surface area contributed by atoms with Crippen LogP contribution in [0.1, 0.15) is 58.3 Å². The predicted molar refractivity (Wildman–Crippen MR) is 94.5 cm³/mol. The maximum Gasteiger partial charge on any atom is 0.220 e. The Labute approximate surface area is 142 Å². The summed E-state index contributed by atoms with van der Waals surface area (Å²) >= 11 is 0. The molecule has 128 valence electrons. The van der Waals surface area contributed by atoms with E-state index in [1.165, 1.54) is 32.1 Å². The van der Waals surface area contributed by atoms with Crippen LogP contribution in [0.25, 0.3) is 0 Å². The van der Waals surface area contributed by atoms with Gasteiger partial charge in [-0.2, -0.15) is 0 Å². The Kier molecular flexibility index (Phi) is 15.1. The van der Waals surface area contributed by atoms with E-state index in [2.05, 4.69) is 17.3 Å². The highest BCUT2D eigenvalue weighted by Gasteiger charge is 2.17. The Bertz CT molecular complexity index is 259. The summed E-state index contributed by atoms with van der Waals surface area (Å²) in [6.45, 7) is 3.81. The minimum absolute atomic E-state index is 0. The quantitative estimate of drug-likeness (QED) is 0.667. The number of halogens is 2. The normalized spacial score (nSPS) is 16.8. The molecule has 0 aromatic carbocycles. The molecule has 1 rings (SSSR count). The van der Waals surface area contributed by atoms with Crippen LogP contribution in [0.15, 0.2) is 0 Å². The van der Waals surface area contributed by atoms with E-state index < -0.39 is 0 Å². The fourth-order valence-corrected chi connectivity index (χ4v) is 2.71. The Hall–Kier alpha value is -0.0300. The molecule has 1 amide bonds. The second-order valence-electron chi connectivity index (χ2n) is 5.99. The first kappa shape index (κ1) is 23.2. The molecule has 0 radical (unpaired) electrons. The van der Waals surface area contributed by atoms with Crippen LogP contribution in [0, 0.1) is 0 Å². The molecule has 0 saturated heterocycles. The molecule has 4 nitrogen and oxygen atoms in total. The van der Waals surface area contributed by atoms with E-state index in [1.807, 2.05) is 6.92 Å². The van der Waals surface area contributed by atoms with E-state index >= 15 is 0 Å². The summed E-state index contributed by atoms with van der Waals surface area (Å²) in [6, 6.07) is 0.880. The molecule has 1 unspecified atom stereocenters. The van der Waals surface area contributed by atoms with Crippen molar-refractivity contribution in [3.8, 4) is 0 Å². The molecule has 0 bridgehead atoms. The van der Waals surface area contributed by atoms with Crippen molar-refractivity contribution in [2.75, 3.05) is 20.1 Å². The number of nitrogens with one attached hydrogen (secondary N) is 1. The number of carbonyl (C=O) groups is 1. The minimum atomic E-state index is 0. The highest BCUT2D eigenvalue weighted by atomic mass is 35.5. The van der Waals surface area contributed by atoms with Crippen molar-refractivity contribution in [1.82, 2.24) is 10.2 Å². The SMILES string of the molecule is CC(N)CCC(=O)NCCCN(C)C1CCCCC1.Cl.Cl. The van der Waals surface area contributed by atoms with Gasteiger partial charge in [0.1, 0.15) is 0 Å². The van der Waals surface area contributed by atoms with Crippen molar-refractivity contribution in [1.29, 1.82) is 0 Å². The average molecular weight is 342 g/mol. The van der Waals surface area contributed by atoms with Gasteiger partial charge in [-0.05, 0) is 46.2 Å². The van der Waals surface area contributed by atoms with Gasteiger partial charge >= 0.3 is 0 Å². The van der Waals surface area contributed by atoms with E-state index in [0.29, 0.717) is 6.42 Å². The molecule has 1 aliphatic rings. The summed E-state index contributed by atoms with van der Waals surface area (Å²) in [5.41, 5.74) is 5.63. The summed E-state index contributed by atoms with van der Waals surface area (Å²) in [5, 5.41) is 2.98. The lowest BCUT2D eigenvalue weighted by molar-refractivity contribution is -0.121. The first-order chi connectivity index (χ1) is 9.09. The average Bonchev–Trinajstić information content (AvgIpc) is 2.42. The molecule has 1 fully saturated rings. The van der Waals surface area contributed by atoms with Gasteiger partial charge in [0.15, 0.2) is 0 Å². The standard InChI is InChI=1S/C15H31N3O.2ClH/c1-13(16)9-10-15(19)17-11-6-12-18(2)14-7-4-3-5-8-14;;/h13-14H,3-12,16H2,1-2H3,(H,17,19);2*1H. The number of nitrogens with two attached hydrogens (primary N) is 1. The summed E-state index contributed by atoms with van der Waals surface area (Å²) in [4.78, 5) is 14.0. The van der Waals surface area contributed by atoms with Crippen LogP contribution >= 0.6 is 24.8 Å². The van der Waals surface area contributed by atoms with Crippen LogP contribution in [-0.4, -0.2) is 43.0 Å². The lowest BCUT2D eigenvalue weighted by Crippen LogP contribution is -2.36. The highest BCUT2D eigenvalue weighted by molar-refractivity contribution is 5.85. The minimum Gasteiger partial charge on any atom is -0.356 e. The van der Waals surface area contributed by atoms with Gasteiger partial charge in [0.05, 0.1) is 0 Å². The summed E-state index contributed by atoms with van der Waals surface area (Å²) < 4.78 is 0. The van der Waals surface area contributed by atoms with E-state index in [1.54, 1.807) is 0 Å². The lowest BCUT2D eigenvalue weighted by Gasteiger charge is -2.31. The molecule has 0 aromatic heterocycles. The van der Waals surface area contributed by atoms with Crippen LogP contribution in [0.4, 0.5) is 0 Å². The van der Waals surface area contributed by atoms with Crippen LogP contribution in [0.5, 0.6) is 0 Å². The fraction of sp³-hybridized carbons (Fsp3) is 0.933. The largest absolute Gasteiger partial charge is 0.356 e. The lowest BCUT2D eigenvalue weighted by atomic mass is 9.94. The van der Waals surface area contributed by atoms with Crippen LogP contribution in [-0.2, 0) is 4.79 Å². The number of rotatable bonds is 8. The molecule has 21 heavy (non-hydrogen) atoms. The number of amides is 1. The molecule has 0 aliphatic heterocycles. The van der Waals surface area contributed by atoms with E-state index in [-0.39, 0.29) is 36.8 Å². The maximum absolute atomic E-state index is 11.5. The number of carbonyl (C=O) groups excluding carboxylic acids is 1. The van der Waals surface area contributed by atoms with Gasteiger partial charge in [0, 0.05) is 25.0 Å². The summed E-state index contributed by atoms with van der Waals surface area (Å²) in [5.74, 6) is 0.137. The van der Waals surface area contributed by atoms with Crippen molar-refractivity contribution in [2.45, 2.75) is 70.4 Å². The van der Waals surface area contributed by atoms with E-state index in [4.69, 9.17) is 5.73 Å². The van der Waals surface area contributed by atoms with Crippen molar-refractivity contribution >= 4 is 30.7 Å². The zero-order valence-corrected chi connectivity index (χ0v) is 15.1. The third-order valence-electron chi connectivity index (χ3n) is 4.03. The molecule has 6 heteroatoms. The zero-order valence-electron chi connectivity index (χ0n) is 13.5. The Balaban J connectivity index is 0. The van der Waals surface area contributed by atoms with Gasteiger partial charge < -0.3 is 16.0 Å². The first-order valence-corrected chi connectivity index (χ1v) is 7.82. The Morgan fingerprint density at radius 2 is 1.90 bits per heavy atom. The van der Waals surface area contributed by atoms with E-state index in [9.17, 15) is 4.79 Å². The van der Waals surface area contributed by atoms with Gasteiger partial charge in [-0.1, -0.05) is 19.3 Å². The van der Waals surface area contributed by atoms with Crippen molar-refractivity contribution in [3.63, 3.8) is 0 Å².